The number of anilines is 1. The van der Waals surface area contributed by atoms with Crippen molar-refractivity contribution in [1.82, 2.24) is 10.3 Å². The van der Waals surface area contributed by atoms with E-state index >= 15 is 0 Å². The number of nitrogens with zero attached hydrogens (tertiary/aromatic N) is 2. The van der Waals surface area contributed by atoms with Gasteiger partial charge in [0.2, 0.25) is 0 Å². The van der Waals surface area contributed by atoms with E-state index in [-0.39, 0.29) is 0 Å². The molecule has 0 amide bonds. The Labute approximate surface area is 114 Å². The van der Waals surface area contributed by atoms with Crippen LogP contribution in [0.25, 0.3) is 0 Å². The van der Waals surface area contributed by atoms with Gasteiger partial charge in [-0.05, 0) is 38.5 Å². The summed E-state index contributed by atoms with van der Waals surface area (Å²) < 4.78 is 0. The van der Waals surface area contributed by atoms with Crippen molar-refractivity contribution >= 4 is 16.5 Å². The van der Waals surface area contributed by atoms with Gasteiger partial charge in [0, 0.05) is 36.8 Å². The summed E-state index contributed by atoms with van der Waals surface area (Å²) in [6, 6.07) is 0.785. The highest BCUT2D eigenvalue weighted by molar-refractivity contribution is 7.15. The van der Waals surface area contributed by atoms with Crippen LogP contribution in [0.5, 0.6) is 0 Å². The van der Waals surface area contributed by atoms with E-state index in [0.717, 1.165) is 25.0 Å². The van der Waals surface area contributed by atoms with Gasteiger partial charge < -0.3 is 10.2 Å². The number of hydrogen-bond acceptors (Lipinski definition) is 4. The molecule has 1 N–H and O–H groups in total. The van der Waals surface area contributed by atoms with E-state index in [1.807, 2.05) is 11.3 Å². The first kappa shape index (κ1) is 12.4. The van der Waals surface area contributed by atoms with E-state index in [4.69, 9.17) is 0 Å². The highest BCUT2D eigenvalue weighted by Crippen LogP contribution is 2.30. The van der Waals surface area contributed by atoms with E-state index in [1.165, 1.54) is 48.7 Å². The summed E-state index contributed by atoms with van der Waals surface area (Å²) in [7, 11) is 0. The highest BCUT2D eigenvalue weighted by Gasteiger charge is 2.22. The van der Waals surface area contributed by atoms with Gasteiger partial charge >= 0.3 is 0 Å². The zero-order valence-corrected chi connectivity index (χ0v) is 12.0. The first-order valence-electron chi connectivity index (χ1n) is 7.28. The lowest BCUT2D eigenvalue weighted by atomic mass is 9.85. The lowest BCUT2D eigenvalue weighted by Gasteiger charge is -2.31. The van der Waals surface area contributed by atoms with Crippen LogP contribution >= 0.6 is 11.3 Å². The minimum absolute atomic E-state index is 0.785. The zero-order valence-electron chi connectivity index (χ0n) is 11.2. The van der Waals surface area contributed by atoms with Gasteiger partial charge in [-0.2, -0.15) is 0 Å². The summed E-state index contributed by atoms with van der Waals surface area (Å²) in [5.41, 5.74) is 0. The molecule has 1 heterocycles. The van der Waals surface area contributed by atoms with Crippen LogP contribution in [0.2, 0.25) is 0 Å². The number of hydrogen-bond donors (Lipinski definition) is 1. The molecule has 0 bridgehead atoms. The predicted molar refractivity (Wildman–Crippen MR) is 77.2 cm³/mol. The smallest absolute Gasteiger partial charge is 0.185 e. The monoisotopic (exact) mass is 265 g/mol. The summed E-state index contributed by atoms with van der Waals surface area (Å²) >= 11 is 1.86. The second kappa shape index (κ2) is 5.57. The van der Waals surface area contributed by atoms with Gasteiger partial charge in [0.15, 0.2) is 5.13 Å². The fourth-order valence-electron chi connectivity index (χ4n) is 2.39. The largest absolute Gasteiger partial charge is 0.348 e. The molecule has 100 valence electrons. The predicted octanol–water partition coefficient (Wildman–Crippen LogP) is 3.02. The van der Waals surface area contributed by atoms with E-state index in [1.54, 1.807) is 0 Å². The molecular formula is C14H23N3S. The lowest BCUT2D eigenvalue weighted by molar-refractivity contribution is 0.318. The van der Waals surface area contributed by atoms with Gasteiger partial charge in [0.1, 0.15) is 0 Å². The molecule has 0 unspecified atom stereocenters. The van der Waals surface area contributed by atoms with Crippen molar-refractivity contribution in [2.75, 3.05) is 18.0 Å². The number of nitrogens with one attached hydrogen (secondary N) is 1. The fourth-order valence-corrected chi connectivity index (χ4v) is 3.32. The molecule has 18 heavy (non-hydrogen) atoms. The van der Waals surface area contributed by atoms with Gasteiger partial charge in [-0.1, -0.05) is 6.42 Å². The van der Waals surface area contributed by atoms with Crippen LogP contribution in [-0.2, 0) is 6.54 Å². The molecule has 0 aliphatic heterocycles. The molecule has 3 rings (SSSR count). The van der Waals surface area contributed by atoms with Crippen LogP contribution < -0.4 is 10.2 Å². The Morgan fingerprint density at radius 1 is 1.39 bits per heavy atom. The average Bonchev–Trinajstić information content (AvgIpc) is 3.04. The van der Waals surface area contributed by atoms with Crippen LogP contribution in [0.4, 0.5) is 5.13 Å². The normalized spacial score (nSPS) is 19.8. The van der Waals surface area contributed by atoms with Gasteiger partial charge in [0.05, 0.1) is 0 Å². The van der Waals surface area contributed by atoms with Crippen LogP contribution in [0.1, 0.15) is 43.9 Å². The van der Waals surface area contributed by atoms with Crippen molar-refractivity contribution < 1.29 is 0 Å². The second-order valence-corrected chi connectivity index (χ2v) is 6.69. The third-order valence-electron chi connectivity index (χ3n) is 4.04. The molecular weight excluding hydrogens is 242 g/mol. The maximum Gasteiger partial charge on any atom is 0.185 e. The van der Waals surface area contributed by atoms with Crippen molar-refractivity contribution in [2.24, 2.45) is 5.92 Å². The molecule has 0 radical (unpaired) electrons. The number of rotatable bonds is 7. The molecule has 3 nitrogen and oxygen atoms in total. The highest BCUT2D eigenvalue weighted by atomic mass is 32.1. The standard InChI is InChI=1S/C14H23N3S/c1-2-17(10-11-4-3-5-11)14-16-9-13(18-14)8-15-12-6-7-12/h9,11-12,15H,2-8,10H2,1H3. The molecule has 2 saturated carbocycles. The van der Waals surface area contributed by atoms with Gasteiger partial charge in [-0.15, -0.1) is 11.3 Å². The van der Waals surface area contributed by atoms with Crippen LogP contribution in [0.15, 0.2) is 6.20 Å². The van der Waals surface area contributed by atoms with Crippen molar-refractivity contribution in [3.63, 3.8) is 0 Å². The summed E-state index contributed by atoms with van der Waals surface area (Å²) in [5.74, 6) is 0.918. The zero-order chi connectivity index (χ0) is 12.4. The maximum atomic E-state index is 4.60. The molecule has 4 heteroatoms. The van der Waals surface area contributed by atoms with Crippen molar-refractivity contribution in [3.05, 3.63) is 11.1 Å². The average molecular weight is 265 g/mol. The quantitative estimate of drug-likeness (QED) is 0.821. The van der Waals surface area contributed by atoms with Gasteiger partial charge in [-0.25, -0.2) is 4.98 Å². The number of thiazole rings is 1. The van der Waals surface area contributed by atoms with Crippen molar-refractivity contribution in [1.29, 1.82) is 0 Å². The third kappa shape index (κ3) is 3.04. The Hall–Kier alpha value is -0.610. The minimum Gasteiger partial charge on any atom is -0.348 e. The molecule has 0 atom stereocenters. The Morgan fingerprint density at radius 2 is 2.22 bits per heavy atom. The summed E-state index contributed by atoms with van der Waals surface area (Å²) in [5, 5.41) is 4.78. The van der Waals surface area contributed by atoms with Crippen molar-refractivity contribution in [2.45, 2.75) is 51.6 Å². The first-order valence-corrected chi connectivity index (χ1v) is 8.10. The van der Waals surface area contributed by atoms with Crippen molar-refractivity contribution in [3.8, 4) is 0 Å². The van der Waals surface area contributed by atoms with Crippen LogP contribution in [0.3, 0.4) is 0 Å². The molecule has 0 saturated heterocycles. The molecule has 0 spiro atoms. The van der Waals surface area contributed by atoms with E-state index in [9.17, 15) is 0 Å². The molecule has 2 fully saturated rings. The Bertz CT molecular complexity index is 382. The molecule has 2 aliphatic rings. The molecule has 1 aromatic rings. The Balaban J connectivity index is 1.54. The summed E-state index contributed by atoms with van der Waals surface area (Å²) in [4.78, 5) is 8.43. The fraction of sp³-hybridized carbons (Fsp3) is 0.786. The molecule has 2 aliphatic carbocycles. The second-order valence-electron chi connectivity index (χ2n) is 5.60. The Morgan fingerprint density at radius 3 is 2.83 bits per heavy atom. The van der Waals surface area contributed by atoms with Gasteiger partial charge in [0.25, 0.3) is 0 Å². The topological polar surface area (TPSA) is 28.2 Å². The summed E-state index contributed by atoms with van der Waals surface area (Å²) in [6.07, 6.45) is 9.02. The molecule has 0 aromatic carbocycles. The Kier molecular flexibility index (Phi) is 3.85. The lowest BCUT2D eigenvalue weighted by Crippen LogP contribution is -2.32. The minimum atomic E-state index is 0.785. The van der Waals surface area contributed by atoms with Crippen LogP contribution in [0, 0.1) is 5.92 Å². The first-order chi connectivity index (χ1) is 8.85. The number of aromatic nitrogens is 1. The molecule has 1 aromatic heterocycles. The third-order valence-corrected chi connectivity index (χ3v) is 5.10. The summed E-state index contributed by atoms with van der Waals surface area (Å²) in [6.45, 7) is 5.53. The van der Waals surface area contributed by atoms with Gasteiger partial charge in [-0.3, -0.25) is 0 Å². The van der Waals surface area contributed by atoms with E-state index in [0.29, 0.717) is 0 Å². The van der Waals surface area contributed by atoms with Crippen LogP contribution in [-0.4, -0.2) is 24.1 Å². The van der Waals surface area contributed by atoms with E-state index < -0.39 is 0 Å². The maximum absolute atomic E-state index is 4.60. The van der Waals surface area contributed by atoms with E-state index in [2.05, 4.69) is 28.3 Å². The SMILES string of the molecule is CCN(CC1CCC1)c1ncc(CNC2CC2)s1.